The molecule has 0 amide bonds. The van der Waals surface area contributed by atoms with Crippen LogP contribution in [-0.4, -0.2) is 42.8 Å². The van der Waals surface area contributed by atoms with Gasteiger partial charge >= 0.3 is 0 Å². The van der Waals surface area contributed by atoms with Crippen LogP contribution in [0.15, 0.2) is 0 Å². The standard InChI is InChI=1S/C14H28N2O/c1-2-5-12(15)8-9-16-10-11-17-14-7-4-3-6-13(14)16/h12-14H,2-11,15H2,1H3. The fourth-order valence-electron chi connectivity index (χ4n) is 3.30. The number of morpholine rings is 1. The Hall–Kier alpha value is -0.120. The number of rotatable bonds is 5. The lowest BCUT2D eigenvalue weighted by Crippen LogP contribution is -2.53. The monoisotopic (exact) mass is 240 g/mol. The molecule has 1 aliphatic carbocycles. The van der Waals surface area contributed by atoms with E-state index in [0.29, 0.717) is 18.2 Å². The van der Waals surface area contributed by atoms with E-state index in [2.05, 4.69) is 11.8 Å². The van der Waals surface area contributed by atoms with E-state index >= 15 is 0 Å². The van der Waals surface area contributed by atoms with Gasteiger partial charge in [0.15, 0.2) is 0 Å². The third kappa shape index (κ3) is 3.67. The van der Waals surface area contributed by atoms with E-state index in [4.69, 9.17) is 10.5 Å². The first-order valence-corrected chi connectivity index (χ1v) is 7.42. The van der Waals surface area contributed by atoms with Crippen molar-refractivity contribution in [1.29, 1.82) is 0 Å². The summed E-state index contributed by atoms with van der Waals surface area (Å²) in [6, 6.07) is 1.08. The van der Waals surface area contributed by atoms with Gasteiger partial charge in [0.05, 0.1) is 12.7 Å². The highest BCUT2D eigenvalue weighted by atomic mass is 16.5. The Balaban J connectivity index is 1.78. The summed E-state index contributed by atoms with van der Waals surface area (Å²) in [7, 11) is 0. The Bertz CT molecular complexity index is 220. The quantitative estimate of drug-likeness (QED) is 0.800. The molecular formula is C14H28N2O. The molecule has 0 spiro atoms. The summed E-state index contributed by atoms with van der Waals surface area (Å²) in [5, 5.41) is 0. The van der Waals surface area contributed by atoms with Crippen molar-refractivity contribution in [3.05, 3.63) is 0 Å². The molecule has 3 unspecified atom stereocenters. The zero-order chi connectivity index (χ0) is 12.1. The highest BCUT2D eigenvalue weighted by Gasteiger charge is 2.33. The van der Waals surface area contributed by atoms with Crippen molar-refractivity contribution >= 4 is 0 Å². The molecule has 0 radical (unpaired) electrons. The van der Waals surface area contributed by atoms with Crippen molar-refractivity contribution in [1.82, 2.24) is 4.90 Å². The largest absolute Gasteiger partial charge is 0.375 e. The highest BCUT2D eigenvalue weighted by molar-refractivity contribution is 4.87. The third-order valence-corrected chi connectivity index (χ3v) is 4.29. The summed E-state index contributed by atoms with van der Waals surface area (Å²) >= 11 is 0. The van der Waals surface area contributed by atoms with Crippen molar-refractivity contribution < 1.29 is 4.74 Å². The van der Waals surface area contributed by atoms with Crippen LogP contribution >= 0.6 is 0 Å². The van der Waals surface area contributed by atoms with Gasteiger partial charge in [0.25, 0.3) is 0 Å². The molecule has 3 nitrogen and oxygen atoms in total. The smallest absolute Gasteiger partial charge is 0.0730 e. The van der Waals surface area contributed by atoms with E-state index in [9.17, 15) is 0 Å². The molecule has 100 valence electrons. The van der Waals surface area contributed by atoms with E-state index in [1.807, 2.05) is 0 Å². The second kappa shape index (κ2) is 6.72. The summed E-state index contributed by atoms with van der Waals surface area (Å²) in [6.07, 6.45) is 9.36. The summed E-state index contributed by atoms with van der Waals surface area (Å²) in [5.41, 5.74) is 6.11. The molecule has 2 fully saturated rings. The summed E-state index contributed by atoms with van der Waals surface area (Å²) in [5.74, 6) is 0. The number of hydrogen-bond acceptors (Lipinski definition) is 3. The van der Waals surface area contributed by atoms with Crippen molar-refractivity contribution in [2.45, 2.75) is 70.1 Å². The van der Waals surface area contributed by atoms with E-state index < -0.39 is 0 Å². The lowest BCUT2D eigenvalue weighted by atomic mass is 9.90. The molecule has 3 heteroatoms. The first-order chi connectivity index (χ1) is 8.31. The van der Waals surface area contributed by atoms with Gasteiger partial charge in [0.2, 0.25) is 0 Å². The molecule has 1 heterocycles. The van der Waals surface area contributed by atoms with Crippen LogP contribution in [0, 0.1) is 0 Å². The predicted octanol–water partition coefficient (Wildman–Crippen LogP) is 2.15. The van der Waals surface area contributed by atoms with Gasteiger partial charge in [-0.05, 0) is 25.7 Å². The van der Waals surface area contributed by atoms with Gasteiger partial charge in [0.1, 0.15) is 0 Å². The number of fused-ring (bicyclic) bond motifs is 1. The van der Waals surface area contributed by atoms with Crippen LogP contribution in [0.5, 0.6) is 0 Å². The zero-order valence-electron chi connectivity index (χ0n) is 11.2. The van der Waals surface area contributed by atoms with E-state index in [0.717, 1.165) is 19.6 Å². The molecule has 0 bridgehead atoms. The average molecular weight is 240 g/mol. The highest BCUT2D eigenvalue weighted by Crippen LogP contribution is 2.28. The Morgan fingerprint density at radius 1 is 1.29 bits per heavy atom. The van der Waals surface area contributed by atoms with Gasteiger partial charge < -0.3 is 10.5 Å². The molecule has 0 aromatic carbocycles. The Morgan fingerprint density at radius 3 is 2.94 bits per heavy atom. The van der Waals surface area contributed by atoms with Crippen LogP contribution in [0.1, 0.15) is 51.9 Å². The molecule has 1 saturated carbocycles. The van der Waals surface area contributed by atoms with Crippen LogP contribution < -0.4 is 5.73 Å². The minimum atomic E-state index is 0.393. The van der Waals surface area contributed by atoms with Crippen molar-refractivity contribution in [3.63, 3.8) is 0 Å². The molecule has 1 saturated heterocycles. The van der Waals surface area contributed by atoms with Crippen molar-refractivity contribution in [2.24, 2.45) is 5.73 Å². The molecule has 0 aromatic heterocycles. The molecule has 2 aliphatic rings. The fourth-order valence-corrected chi connectivity index (χ4v) is 3.30. The first-order valence-electron chi connectivity index (χ1n) is 7.42. The predicted molar refractivity (Wildman–Crippen MR) is 71.1 cm³/mol. The van der Waals surface area contributed by atoms with Gasteiger partial charge in [0, 0.05) is 25.2 Å². The van der Waals surface area contributed by atoms with Gasteiger partial charge in [-0.2, -0.15) is 0 Å². The molecule has 0 aromatic rings. The van der Waals surface area contributed by atoms with Gasteiger partial charge in [-0.1, -0.05) is 26.2 Å². The lowest BCUT2D eigenvalue weighted by molar-refractivity contribution is -0.0885. The van der Waals surface area contributed by atoms with E-state index in [-0.39, 0.29) is 0 Å². The molecule has 1 aliphatic heterocycles. The number of nitrogens with zero attached hydrogens (tertiary/aromatic N) is 1. The van der Waals surface area contributed by atoms with Crippen LogP contribution in [-0.2, 0) is 4.74 Å². The lowest BCUT2D eigenvalue weighted by Gasteiger charge is -2.44. The second-order valence-electron chi connectivity index (χ2n) is 5.63. The Morgan fingerprint density at radius 2 is 2.12 bits per heavy atom. The van der Waals surface area contributed by atoms with E-state index in [1.54, 1.807) is 0 Å². The van der Waals surface area contributed by atoms with Crippen LogP contribution in [0.4, 0.5) is 0 Å². The van der Waals surface area contributed by atoms with Crippen molar-refractivity contribution in [3.8, 4) is 0 Å². The van der Waals surface area contributed by atoms with Gasteiger partial charge in [-0.15, -0.1) is 0 Å². The maximum Gasteiger partial charge on any atom is 0.0730 e. The van der Waals surface area contributed by atoms with Crippen LogP contribution in [0.2, 0.25) is 0 Å². The third-order valence-electron chi connectivity index (χ3n) is 4.29. The zero-order valence-corrected chi connectivity index (χ0v) is 11.2. The summed E-state index contributed by atoms with van der Waals surface area (Å²) in [6.45, 7) is 5.42. The van der Waals surface area contributed by atoms with Gasteiger partial charge in [-0.3, -0.25) is 4.90 Å². The molecule has 2 rings (SSSR count). The molecule has 17 heavy (non-hydrogen) atoms. The van der Waals surface area contributed by atoms with E-state index in [1.165, 1.54) is 45.1 Å². The normalized spacial score (nSPS) is 32.1. The maximum absolute atomic E-state index is 6.11. The number of hydrogen-bond donors (Lipinski definition) is 1. The van der Waals surface area contributed by atoms with Gasteiger partial charge in [-0.25, -0.2) is 0 Å². The minimum Gasteiger partial charge on any atom is -0.375 e. The summed E-state index contributed by atoms with van der Waals surface area (Å²) in [4.78, 5) is 2.64. The Kier molecular flexibility index (Phi) is 5.26. The topological polar surface area (TPSA) is 38.5 Å². The first kappa shape index (κ1) is 13.3. The van der Waals surface area contributed by atoms with Crippen LogP contribution in [0.25, 0.3) is 0 Å². The number of ether oxygens (including phenoxy) is 1. The summed E-state index contributed by atoms with van der Waals surface area (Å²) < 4.78 is 5.89. The molecular weight excluding hydrogens is 212 g/mol. The molecule has 3 atom stereocenters. The maximum atomic E-state index is 6.11. The second-order valence-corrected chi connectivity index (χ2v) is 5.63. The fraction of sp³-hybridized carbons (Fsp3) is 1.00. The Labute approximate surface area is 106 Å². The number of nitrogens with two attached hydrogens (primary N) is 1. The molecule has 2 N–H and O–H groups in total. The minimum absolute atomic E-state index is 0.393. The SMILES string of the molecule is CCCC(N)CCN1CCOC2CCCCC21. The van der Waals surface area contributed by atoms with Crippen LogP contribution in [0.3, 0.4) is 0 Å². The van der Waals surface area contributed by atoms with Crippen molar-refractivity contribution in [2.75, 3.05) is 19.7 Å². The average Bonchev–Trinajstić information content (AvgIpc) is 2.36.